The van der Waals surface area contributed by atoms with E-state index in [2.05, 4.69) is 131 Å². The maximum Gasteiger partial charge on any atom is 2.00 e. The Morgan fingerprint density at radius 2 is 0.971 bits per heavy atom. The average molecular weight is 517 g/mol. The fraction of sp³-hybridized carbons (Fsp3) is 0.156. The van der Waals surface area contributed by atoms with Gasteiger partial charge in [0.05, 0.1) is 6.04 Å². The van der Waals surface area contributed by atoms with E-state index in [0.29, 0.717) is 0 Å². The van der Waals surface area contributed by atoms with Crippen molar-refractivity contribution >= 4 is 23.8 Å². The molecule has 1 aliphatic heterocycles. The Hall–Kier alpha value is -1.43. The first-order chi connectivity index (χ1) is 16.5. The molecule has 0 spiro atoms. The van der Waals surface area contributed by atoms with Gasteiger partial charge in [-0.15, -0.1) is 0 Å². The maximum absolute atomic E-state index is 4.53. The molecule has 35 heavy (non-hydrogen) atoms. The molecule has 1 heterocycles. The summed E-state index contributed by atoms with van der Waals surface area (Å²) in [5, 5.41) is 8.60. The van der Waals surface area contributed by atoms with Gasteiger partial charge in [-0.2, -0.15) is 0 Å². The second-order valence-corrected chi connectivity index (χ2v) is 10.9. The molecule has 3 aromatic rings. The molecule has 10 radical (unpaired) electrons. The van der Waals surface area contributed by atoms with E-state index in [4.69, 9.17) is 0 Å². The molecule has 1 aliphatic carbocycles. The van der Waals surface area contributed by atoms with Crippen LogP contribution in [0.15, 0.2) is 84.9 Å². The molecule has 0 unspecified atom stereocenters. The monoisotopic (exact) mass is 517 g/mol. The second-order valence-electron chi connectivity index (χ2n) is 8.67. The van der Waals surface area contributed by atoms with Gasteiger partial charge >= 0.3 is 17.1 Å². The molecule has 3 heteroatoms. The summed E-state index contributed by atoms with van der Waals surface area (Å²) in [5.41, 5.74) is 1.22. The minimum absolute atomic E-state index is 0. The summed E-state index contributed by atoms with van der Waals surface area (Å²) >= 11 is 0. The van der Waals surface area contributed by atoms with Crippen molar-refractivity contribution in [2.24, 2.45) is 0 Å². The van der Waals surface area contributed by atoms with E-state index in [-0.39, 0.29) is 17.1 Å². The van der Waals surface area contributed by atoms with E-state index >= 15 is 0 Å². The SMILES string of the molecule is C[C]1[C](C)[C](C)[C](C)[C]1C.[CH]1[CH][N][C](c2ccccc2P(c2ccccc2)c2ccccc2)[CH]1.[Fe+2]. The van der Waals surface area contributed by atoms with Gasteiger partial charge < -0.3 is 0 Å². The fourth-order valence-corrected chi connectivity index (χ4v) is 6.79. The molecule has 2 aliphatic rings. The first-order valence-corrected chi connectivity index (χ1v) is 13.1. The molecule has 3 aromatic carbocycles. The van der Waals surface area contributed by atoms with Gasteiger partial charge in [-0.05, 0) is 71.8 Å². The van der Waals surface area contributed by atoms with Gasteiger partial charge in [0, 0.05) is 6.54 Å². The number of hydrogen-bond donors (Lipinski definition) is 0. The Morgan fingerprint density at radius 3 is 1.40 bits per heavy atom. The van der Waals surface area contributed by atoms with Gasteiger partial charge in [-0.1, -0.05) is 120 Å². The van der Waals surface area contributed by atoms with Crippen molar-refractivity contribution < 1.29 is 17.1 Å². The summed E-state index contributed by atoms with van der Waals surface area (Å²) in [6.07, 6.45) is 4.09. The topological polar surface area (TPSA) is 14.1 Å². The predicted molar refractivity (Wildman–Crippen MR) is 147 cm³/mol. The Balaban J connectivity index is 0.000000264. The van der Waals surface area contributed by atoms with Crippen LogP contribution in [0.2, 0.25) is 0 Å². The summed E-state index contributed by atoms with van der Waals surface area (Å²) in [6.45, 7) is 12.9. The molecule has 0 N–H and O–H groups in total. The number of hydrogen-bond acceptors (Lipinski definition) is 0. The van der Waals surface area contributed by atoms with E-state index in [1.54, 1.807) is 0 Å². The van der Waals surface area contributed by atoms with Crippen LogP contribution >= 0.6 is 7.92 Å². The van der Waals surface area contributed by atoms with Crippen molar-refractivity contribution in [1.29, 1.82) is 0 Å². The van der Waals surface area contributed by atoms with E-state index in [0.717, 1.165) is 6.04 Å². The number of nitrogens with zero attached hydrogens (tertiary/aromatic N) is 1. The van der Waals surface area contributed by atoms with Gasteiger partial charge in [0.2, 0.25) is 0 Å². The number of rotatable bonds is 4. The molecule has 1 nitrogen and oxygen atoms in total. The molecule has 2 fully saturated rings. The van der Waals surface area contributed by atoms with E-state index in [9.17, 15) is 0 Å². The standard InChI is InChI=1S/C22H17NP.C10H15.Fe/c1-3-10-18(11-4-1)24(19-12-5-2-6-13-19)22-16-8-7-14-20(22)21-15-9-17-23-21;1-6-7(2)9(4)10(5)8(6)3;/h1-17H;1-5H3;/q;;+2. The minimum atomic E-state index is -0.612. The molecule has 0 aromatic heterocycles. The third kappa shape index (κ3) is 6.47. The van der Waals surface area contributed by atoms with Crippen LogP contribution < -0.4 is 21.2 Å². The van der Waals surface area contributed by atoms with E-state index in [1.165, 1.54) is 51.1 Å². The largest absolute Gasteiger partial charge is 2.00 e. The first kappa shape index (κ1) is 28.1. The summed E-state index contributed by atoms with van der Waals surface area (Å²) in [4.78, 5) is 0. The fourth-order valence-electron chi connectivity index (χ4n) is 4.33. The zero-order chi connectivity index (χ0) is 24.1. The van der Waals surface area contributed by atoms with Gasteiger partial charge in [0.1, 0.15) is 0 Å². The Kier molecular flexibility index (Phi) is 10.6. The van der Waals surface area contributed by atoms with Crippen LogP contribution in [-0.2, 0) is 17.1 Å². The molecule has 1 saturated carbocycles. The Morgan fingerprint density at radius 1 is 0.543 bits per heavy atom. The molecular weight excluding hydrogens is 485 g/mol. The zero-order valence-electron chi connectivity index (χ0n) is 21.1. The third-order valence-electron chi connectivity index (χ3n) is 6.82. The smallest absolute Gasteiger partial charge is 0.222 e. The first-order valence-electron chi connectivity index (χ1n) is 11.8. The normalized spacial score (nSPS) is 18.5. The van der Waals surface area contributed by atoms with Gasteiger partial charge in [0.25, 0.3) is 0 Å². The molecule has 0 amide bonds. The van der Waals surface area contributed by atoms with Gasteiger partial charge in [-0.25, -0.2) is 5.32 Å². The molecule has 176 valence electrons. The zero-order valence-corrected chi connectivity index (χ0v) is 23.1. The van der Waals surface area contributed by atoms with Crippen LogP contribution in [0.25, 0.3) is 0 Å². The van der Waals surface area contributed by atoms with Crippen LogP contribution in [-0.4, -0.2) is 0 Å². The van der Waals surface area contributed by atoms with Gasteiger partial charge in [-0.3, -0.25) is 0 Å². The van der Waals surface area contributed by atoms with Crippen LogP contribution in [0.3, 0.4) is 0 Å². The van der Waals surface area contributed by atoms with E-state index in [1.807, 2.05) is 13.0 Å². The molecule has 0 atom stereocenters. The summed E-state index contributed by atoms with van der Waals surface area (Å²) in [5.74, 6) is 7.34. The number of benzene rings is 3. The summed E-state index contributed by atoms with van der Waals surface area (Å²) in [7, 11) is -0.612. The van der Waals surface area contributed by atoms with Crippen LogP contribution in [0.4, 0.5) is 0 Å². The van der Waals surface area contributed by atoms with Crippen LogP contribution in [0.1, 0.15) is 40.2 Å². The van der Waals surface area contributed by atoms with Crippen LogP contribution in [0, 0.1) is 55.0 Å². The van der Waals surface area contributed by atoms with Crippen molar-refractivity contribution in [3.8, 4) is 0 Å². The average Bonchev–Trinajstić information content (AvgIpc) is 3.48. The minimum Gasteiger partial charge on any atom is -0.222 e. The maximum atomic E-state index is 4.53. The van der Waals surface area contributed by atoms with Crippen molar-refractivity contribution in [2.75, 3.05) is 0 Å². The van der Waals surface area contributed by atoms with E-state index < -0.39 is 7.92 Å². The third-order valence-corrected chi connectivity index (χ3v) is 9.32. The quantitative estimate of drug-likeness (QED) is 0.278. The molecule has 5 rings (SSSR count). The predicted octanol–water partition coefficient (Wildman–Crippen LogP) is 6.48. The second kappa shape index (κ2) is 13.2. The molecule has 0 bridgehead atoms. The van der Waals surface area contributed by atoms with Crippen molar-refractivity contribution in [3.63, 3.8) is 0 Å². The Labute approximate surface area is 225 Å². The summed E-state index contributed by atoms with van der Waals surface area (Å²) < 4.78 is 0. The van der Waals surface area contributed by atoms with Gasteiger partial charge in [0.15, 0.2) is 0 Å². The van der Waals surface area contributed by atoms with Crippen LogP contribution in [0.5, 0.6) is 0 Å². The summed E-state index contributed by atoms with van der Waals surface area (Å²) in [6, 6.07) is 31.3. The van der Waals surface area contributed by atoms with Crippen molar-refractivity contribution in [1.82, 2.24) is 5.32 Å². The molecule has 1 saturated heterocycles. The molecular formula is C32H32FeNP+2. The van der Waals surface area contributed by atoms with Crippen molar-refractivity contribution in [3.05, 3.63) is 146 Å². The van der Waals surface area contributed by atoms with Crippen molar-refractivity contribution in [2.45, 2.75) is 34.6 Å². The Bertz CT molecular complexity index is 934.